The van der Waals surface area contributed by atoms with E-state index in [1.165, 1.54) is 31.0 Å². The fourth-order valence-corrected chi connectivity index (χ4v) is 1.66. The van der Waals surface area contributed by atoms with E-state index < -0.39 is 18.1 Å². The van der Waals surface area contributed by atoms with Crippen LogP contribution in [0.25, 0.3) is 0 Å². The first-order chi connectivity index (χ1) is 8.43. The van der Waals surface area contributed by atoms with E-state index in [9.17, 15) is 14.7 Å². The molecule has 0 spiro atoms. The molecule has 0 aliphatic carbocycles. The second kappa shape index (κ2) is 11.1. The lowest BCUT2D eigenvalue weighted by Gasteiger charge is -2.30. The van der Waals surface area contributed by atoms with Gasteiger partial charge in [0.2, 0.25) is 5.91 Å². The number of carbonyl (C=O) groups is 2. The van der Waals surface area contributed by atoms with Crippen molar-refractivity contribution in [2.24, 2.45) is 0 Å². The maximum atomic E-state index is 11.4. The zero-order valence-corrected chi connectivity index (χ0v) is 12.0. The molecule has 0 saturated heterocycles. The molecule has 19 heavy (non-hydrogen) atoms. The van der Waals surface area contributed by atoms with Crippen LogP contribution in [-0.2, 0) is 18.5 Å². The zero-order valence-electron chi connectivity index (χ0n) is 11.2. The van der Waals surface area contributed by atoms with Crippen LogP contribution in [0.5, 0.6) is 0 Å². The third-order valence-electron chi connectivity index (χ3n) is 2.45. The summed E-state index contributed by atoms with van der Waals surface area (Å²) in [5, 5.41) is 9.84. The molecule has 2 atom stereocenters. The average molecular weight is 295 g/mol. The van der Waals surface area contributed by atoms with Gasteiger partial charge in [-0.05, 0) is 19.0 Å². The van der Waals surface area contributed by atoms with Crippen LogP contribution >= 0.6 is 12.0 Å². The van der Waals surface area contributed by atoms with E-state index in [0.717, 1.165) is 5.75 Å². The van der Waals surface area contributed by atoms with Gasteiger partial charge in [-0.3, -0.25) is 13.8 Å². The van der Waals surface area contributed by atoms with Gasteiger partial charge in [-0.25, -0.2) is 0 Å². The Morgan fingerprint density at radius 2 is 2.00 bits per heavy atom. The van der Waals surface area contributed by atoms with E-state index in [-0.39, 0.29) is 26.5 Å². The van der Waals surface area contributed by atoms with E-state index in [4.69, 9.17) is 4.18 Å². The number of hydrogen-bond acceptors (Lipinski definition) is 6. The van der Waals surface area contributed by atoms with Crippen molar-refractivity contribution in [1.82, 2.24) is 4.90 Å². The molecule has 0 aliphatic rings. The summed E-state index contributed by atoms with van der Waals surface area (Å²) in [6.07, 6.45) is -1.13. The monoisotopic (exact) mass is 295 g/mol. The van der Waals surface area contributed by atoms with Crippen molar-refractivity contribution in [3.63, 3.8) is 0 Å². The lowest BCUT2D eigenvalue weighted by molar-refractivity contribution is -0.147. The van der Waals surface area contributed by atoms with E-state index >= 15 is 0 Å². The summed E-state index contributed by atoms with van der Waals surface area (Å²) in [5.74, 6) is 0.0370. The van der Waals surface area contributed by atoms with Gasteiger partial charge in [-0.1, -0.05) is 14.4 Å². The van der Waals surface area contributed by atoms with Crippen LogP contribution in [0.3, 0.4) is 0 Å². The molecule has 0 aliphatic heterocycles. The van der Waals surface area contributed by atoms with E-state index in [2.05, 4.69) is 4.74 Å². The highest BCUT2D eigenvalue weighted by Crippen LogP contribution is 2.11. The quantitative estimate of drug-likeness (QED) is 0.316. The third kappa shape index (κ3) is 8.07. The van der Waals surface area contributed by atoms with Crippen LogP contribution in [-0.4, -0.2) is 53.6 Å². The minimum atomic E-state index is -0.975. The summed E-state index contributed by atoms with van der Waals surface area (Å²) in [6.45, 7) is 5.06. The van der Waals surface area contributed by atoms with Crippen molar-refractivity contribution in [3.05, 3.63) is 0 Å². The van der Waals surface area contributed by atoms with Gasteiger partial charge >= 0.3 is 5.97 Å². The molecule has 1 amide bonds. The van der Waals surface area contributed by atoms with Gasteiger partial charge in [0.15, 0.2) is 0 Å². The number of esters is 1. The highest BCUT2D eigenvalue weighted by atomic mass is 32.2. The topological polar surface area (TPSA) is 76.1 Å². The maximum absolute atomic E-state index is 11.4. The lowest BCUT2D eigenvalue weighted by Crippen LogP contribution is -2.45. The predicted octanol–water partition coefficient (Wildman–Crippen LogP) is 1.43. The summed E-state index contributed by atoms with van der Waals surface area (Å²) < 4.78 is 9.68. The standard InChI is InChI=1S/C11H21NO5S.CH4/c1-5-18-17-7-12(9(3)13)8(2)10(14)6-11(15)16-4;/h8,10,14H,5-7H2,1-4H3;1H4. The summed E-state index contributed by atoms with van der Waals surface area (Å²) in [7, 11) is 1.25. The highest BCUT2D eigenvalue weighted by molar-refractivity contribution is 7.94. The molecule has 0 aromatic heterocycles. The predicted molar refractivity (Wildman–Crippen MR) is 75.4 cm³/mol. The fraction of sp³-hybridized carbons (Fsp3) is 0.833. The van der Waals surface area contributed by atoms with Gasteiger partial charge in [0, 0.05) is 12.7 Å². The van der Waals surface area contributed by atoms with Gasteiger partial charge in [0.1, 0.15) is 6.73 Å². The highest BCUT2D eigenvalue weighted by Gasteiger charge is 2.26. The summed E-state index contributed by atoms with van der Waals surface area (Å²) >= 11 is 1.23. The molecular formula is C12H25NO5S. The minimum absolute atomic E-state index is 0. The van der Waals surface area contributed by atoms with Crippen LogP contribution in [0.15, 0.2) is 0 Å². The number of amides is 1. The van der Waals surface area contributed by atoms with Gasteiger partial charge in [-0.15, -0.1) is 0 Å². The Kier molecular flexibility index (Phi) is 12.0. The smallest absolute Gasteiger partial charge is 0.308 e. The number of ether oxygens (including phenoxy) is 1. The van der Waals surface area contributed by atoms with Crippen molar-refractivity contribution in [2.45, 2.75) is 46.8 Å². The maximum Gasteiger partial charge on any atom is 0.308 e. The Morgan fingerprint density at radius 3 is 2.42 bits per heavy atom. The molecule has 7 heteroatoms. The first kappa shape index (κ1) is 20.5. The molecule has 0 fully saturated rings. The van der Waals surface area contributed by atoms with Gasteiger partial charge in [-0.2, -0.15) is 0 Å². The Morgan fingerprint density at radius 1 is 1.42 bits per heavy atom. The largest absolute Gasteiger partial charge is 0.469 e. The second-order valence-electron chi connectivity index (χ2n) is 3.73. The van der Waals surface area contributed by atoms with Crippen LogP contribution in [0.2, 0.25) is 0 Å². The Hall–Kier alpha value is -0.790. The summed E-state index contributed by atoms with van der Waals surface area (Å²) in [5.41, 5.74) is 0. The molecule has 0 aromatic carbocycles. The van der Waals surface area contributed by atoms with Crippen molar-refractivity contribution in [3.8, 4) is 0 Å². The average Bonchev–Trinajstić information content (AvgIpc) is 2.33. The summed E-state index contributed by atoms with van der Waals surface area (Å²) in [6, 6.07) is -0.515. The van der Waals surface area contributed by atoms with Gasteiger partial charge < -0.3 is 14.7 Å². The van der Waals surface area contributed by atoms with E-state index in [1.54, 1.807) is 6.92 Å². The molecule has 114 valence electrons. The Balaban J connectivity index is 0. The molecule has 1 N–H and O–H groups in total. The zero-order chi connectivity index (χ0) is 14.1. The van der Waals surface area contributed by atoms with E-state index in [0.29, 0.717) is 0 Å². The number of hydrogen-bond donors (Lipinski definition) is 1. The van der Waals surface area contributed by atoms with Crippen molar-refractivity contribution in [1.29, 1.82) is 0 Å². The molecule has 0 saturated carbocycles. The normalized spacial score (nSPS) is 13.1. The third-order valence-corrected chi connectivity index (χ3v) is 2.96. The number of methoxy groups -OCH3 is 1. The Labute approximate surface area is 119 Å². The molecule has 0 heterocycles. The molecule has 2 unspecified atom stereocenters. The molecular weight excluding hydrogens is 270 g/mol. The molecule has 6 nitrogen and oxygen atoms in total. The van der Waals surface area contributed by atoms with Crippen molar-refractivity contribution in [2.75, 3.05) is 19.6 Å². The van der Waals surface area contributed by atoms with Crippen LogP contribution in [0.1, 0.15) is 34.6 Å². The first-order valence-corrected chi connectivity index (χ1v) is 6.61. The SMILES string of the molecule is C.CCSOCN(C(C)=O)C(C)C(O)CC(=O)OC. The second-order valence-corrected chi connectivity index (χ2v) is 4.78. The molecule has 0 aromatic rings. The Bertz CT molecular complexity index is 275. The number of carbonyl (C=O) groups excluding carboxylic acids is 2. The van der Waals surface area contributed by atoms with Crippen LogP contribution in [0.4, 0.5) is 0 Å². The number of nitrogens with zero attached hydrogens (tertiary/aromatic N) is 1. The number of aliphatic hydroxyl groups is 1. The van der Waals surface area contributed by atoms with Crippen molar-refractivity contribution >= 4 is 23.9 Å². The van der Waals surface area contributed by atoms with Crippen molar-refractivity contribution < 1.29 is 23.6 Å². The molecule has 0 rings (SSSR count). The van der Waals surface area contributed by atoms with Gasteiger partial charge in [0.05, 0.1) is 25.7 Å². The van der Waals surface area contributed by atoms with Crippen LogP contribution < -0.4 is 0 Å². The first-order valence-electron chi connectivity index (χ1n) is 5.70. The number of rotatable bonds is 8. The molecule has 0 bridgehead atoms. The minimum Gasteiger partial charge on any atom is -0.469 e. The van der Waals surface area contributed by atoms with E-state index in [1.807, 2.05) is 6.92 Å². The number of aliphatic hydroxyl groups excluding tert-OH is 1. The van der Waals surface area contributed by atoms with Crippen LogP contribution in [0, 0.1) is 0 Å². The fourth-order valence-electron chi connectivity index (χ4n) is 1.30. The molecule has 0 radical (unpaired) electrons. The van der Waals surface area contributed by atoms with Gasteiger partial charge in [0.25, 0.3) is 0 Å². The summed E-state index contributed by atoms with van der Waals surface area (Å²) in [4.78, 5) is 23.9. The lowest BCUT2D eigenvalue weighted by atomic mass is 10.1.